The second kappa shape index (κ2) is 5.24. The molecule has 104 valence electrons. The molecule has 0 saturated heterocycles. The fourth-order valence-corrected chi connectivity index (χ4v) is 2.49. The molecule has 1 heterocycles. The third-order valence-corrected chi connectivity index (χ3v) is 3.47. The van der Waals surface area contributed by atoms with Crippen LogP contribution in [-0.2, 0) is 12.0 Å². The van der Waals surface area contributed by atoms with Crippen LogP contribution >= 0.6 is 0 Å². The van der Waals surface area contributed by atoms with E-state index in [0.717, 1.165) is 23.6 Å². The molecule has 0 fully saturated rings. The molecule has 0 aliphatic carbocycles. The third kappa shape index (κ3) is 2.75. The van der Waals surface area contributed by atoms with Gasteiger partial charge in [0.1, 0.15) is 11.3 Å². The molecule has 2 aromatic rings. The summed E-state index contributed by atoms with van der Waals surface area (Å²) in [4.78, 5) is 4.80. The number of imidazole rings is 1. The van der Waals surface area contributed by atoms with Crippen LogP contribution in [0.4, 0.5) is 5.69 Å². The molecule has 0 bridgehead atoms. The van der Waals surface area contributed by atoms with Gasteiger partial charge in [-0.3, -0.25) is 0 Å². The zero-order valence-corrected chi connectivity index (χ0v) is 12.5. The number of anilines is 1. The van der Waals surface area contributed by atoms with E-state index in [4.69, 9.17) is 10.7 Å². The first-order chi connectivity index (χ1) is 8.95. The molecule has 0 saturated carbocycles. The summed E-state index contributed by atoms with van der Waals surface area (Å²) in [5.74, 6) is 1.14. The van der Waals surface area contributed by atoms with Crippen molar-refractivity contribution in [1.29, 1.82) is 0 Å². The van der Waals surface area contributed by atoms with Crippen molar-refractivity contribution in [3.8, 4) is 0 Å². The molecular weight excluding hydrogens is 234 g/mol. The number of benzene rings is 1. The van der Waals surface area contributed by atoms with Crippen molar-refractivity contribution in [3.63, 3.8) is 0 Å². The van der Waals surface area contributed by atoms with Gasteiger partial charge in [-0.1, -0.05) is 46.6 Å². The summed E-state index contributed by atoms with van der Waals surface area (Å²) in [6.07, 6.45) is 3.69. The second-order valence-electron chi connectivity index (χ2n) is 6.26. The Hall–Kier alpha value is -1.51. The van der Waals surface area contributed by atoms with Gasteiger partial charge in [0.2, 0.25) is 0 Å². The zero-order valence-electron chi connectivity index (χ0n) is 12.5. The Morgan fingerprint density at radius 1 is 1.21 bits per heavy atom. The highest BCUT2D eigenvalue weighted by molar-refractivity contribution is 5.87. The summed E-state index contributed by atoms with van der Waals surface area (Å²) >= 11 is 0. The van der Waals surface area contributed by atoms with Crippen molar-refractivity contribution in [2.75, 3.05) is 5.73 Å². The average molecular weight is 259 g/mol. The fourth-order valence-electron chi connectivity index (χ4n) is 2.49. The number of nitrogen functional groups attached to an aromatic ring is 1. The summed E-state index contributed by atoms with van der Waals surface area (Å²) in [7, 11) is 0. The van der Waals surface area contributed by atoms with Crippen molar-refractivity contribution in [2.24, 2.45) is 0 Å². The topological polar surface area (TPSA) is 43.8 Å². The first-order valence-corrected chi connectivity index (χ1v) is 7.20. The molecule has 0 spiro atoms. The van der Waals surface area contributed by atoms with E-state index in [9.17, 15) is 0 Å². The zero-order chi connectivity index (χ0) is 14.0. The molecule has 0 unspecified atom stereocenters. The van der Waals surface area contributed by atoms with Gasteiger partial charge in [0.05, 0.1) is 11.2 Å². The van der Waals surface area contributed by atoms with Gasteiger partial charge in [0.25, 0.3) is 0 Å². The Morgan fingerprint density at radius 3 is 2.58 bits per heavy atom. The summed E-state index contributed by atoms with van der Waals surface area (Å²) in [6, 6.07) is 6.07. The van der Waals surface area contributed by atoms with E-state index in [2.05, 4.69) is 38.3 Å². The second-order valence-corrected chi connectivity index (χ2v) is 6.26. The molecule has 0 radical (unpaired) electrons. The quantitative estimate of drug-likeness (QED) is 0.663. The largest absolute Gasteiger partial charge is 0.397 e. The Balaban J connectivity index is 2.53. The van der Waals surface area contributed by atoms with Crippen LogP contribution in [0.25, 0.3) is 11.0 Å². The van der Waals surface area contributed by atoms with Gasteiger partial charge in [0.15, 0.2) is 0 Å². The molecule has 2 rings (SSSR count). The monoisotopic (exact) mass is 259 g/mol. The van der Waals surface area contributed by atoms with Crippen LogP contribution in [0.5, 0.6) is 0 Å². The lowest BCUT2D eigenvalue weighted by atomic mass is 9.95. The number of para-hydroxylation sites is 1. The molecule has 1 aromatic carbocycles. The minimum absolute atomic E-state index is 0.0394. The highest BCUT2D eigenvalue weighted by Gasteiger charge is 2.23. The Bertz CT molecular complexity index is 561. The molecule has 19 heavy (non-hydrogen) atoms. The van der Waals surface area contributed by atoms with E-state index >= 15 is 0 Å². The number of hydrogen-bond acceptors (Lipinski definition) is 2. The number of hydrogen-bond donors (Lipinski definition) is 1. The first-order valence-electron chi connectivity index (χ1n) is 7.20. The number of aromatic nitrogens is 2. The minimum Gasteiger partial charge on any atom is -0.397 e. The number of aryl methyl sites for hydroxylation is 1. The van der Waals surface area contributed by atoms with Gasteiger partial charge in [-0.05, 0) is 18.6 Å². The van der Waals surface area contributed by atoms with Gasteiger partial charge < -0.3 is 10.3 Å². The predicted molar refractivity (Wildman–Crippen MR) is 82.4 cm³/mol. The van der Waals surface area contributed by atoms with E-state index in [0.29, 0.717) is 0 Å². The van der Waals surface area contributed by atoms with Gasteiger partial charge >= 0.3 is 0 Å². The third-order valence-electron chi connectivity index (χ3n) is 3.47. The van der Waals surface area contributed by atoms with Crippen molar-refractivity contribution >= 4 is 16.7 Å². The normalized spacial score (nSPS) is 12.2. The van der Waals surface area contributed by atoms with Crippen LogP contribution in [-0.4, -0.2) is 9.55 Å². The molecule has 0 atom stereocenters. The number of unbranched alkanes of at least 4 members (excludes halogenated alkanes) is 2. The smallest absolute Gasteiger partial charge is 0.115 e. The van der Waals surface area contributed by atoms with Gasteiger partial charge in [-0.25, -0.2) is 4.98 Å². The van der Waals surface area contributed by atoms with Crippen molar-refractivity contribution in [3.05, 3.63) is 24.0 Å². The van der Waals surface area contributed by atoms with E-state index < -0.39 is 0 Å². The van der Waals surface area contributed by atoms with Gasteiger partial charge in [-0.15, -0.1) is 0 Å². The number of rotatable bonds is 4. The van der Waals surface area contributed by atoms with E-state index in [-0.39, 0.29) is 5.41 Å². The van der Waals surface area contributed by atoms with Crippen LogP contribution in [0, 0.1) is 0 Å². The molecule has 3 heteroatoms. The maximum atomic E-state index is 6.06. The summed E-state index contributed by atoms with van der Waals surface area (Å²) in [6.45, 7) is 9.89. The van der Waals surface area contributed by atoms with Gasteiger partial charge in [-0.2, -0.15) is 0 Å². The van der Waals surface area contributed by atoms with E-state index in [1.165, 1.54) is 24.8 Å². The Morgan fingerprint density at radius 2 is 1.95 bits per heavy atom. The number of nitrogens with two attached hydrogens (primary N) is 1. The van der Waals surface area contributed by atoms with E-state index in [1.54, 1.807) is 0 Å². The lowest BCUT2D eigenvalue weighted by Crippen LogP contribution is -2.19. The minimum atomic E-state index is 0.0394. The molecule has 0 aliphatic rings. The Labute approximate surface area is 115 Å². The van der Waals surface area contributed by atoms with Crippen LogP contribution in [0.2, 0.25) is 0 Å². The summed E-state index contributed by atoms with van der Waals surface area (Å²) in [5.41, 5.74) is 8.99. The predicted octanol–water partition coefficient (Wildman–Crippen LogP) is 4.11. The molecular formula is C16H25N3. The van der Waals surface area contributed by atoms with E-state index in [1.807, 2.05) is 12.1 Å². The van der Waals surface area contributed by atoms with Gasteiger partial charge in [0, 0.05) is 12.0 Å². The molecule has 1 aromatic heterocycles. The van der Waals surface area contributed by atoms with Crippen LogP contribution in [0.1, 0.15) is 52.8 Å². The maximum absolute atomic E-state index is 6.06. The van der Waals surface area contributed by atoms with Crippen molar-refractivity contribution < 1.29 is 0 Å². The highest BCUT2D eigenvalue weighted by atomic mass is 15.1. The summed E-state index contributed by atoms with van der Waals surface area (Å²) in [5, 5.41) is 0. The maximum Gasteiger partial charge on any atom is 0.115 e. The number of nitrogens with zero attached hydrogens (tertiary/aromatic N) is 2. The SMILES string of the molecule is CCCCCn1c(C(C)(C)C)nc2c(N)cccc21. The van der Waals surface area contributed by atoms with Crippen LogP contribution in [0.15, 0.2) is 18.2 Å². The number of fused-ring (bicyclic) bond motifs is 1. The first kappa shape index (κ1) is 13.9. The average Bonchev–Trinajstić information content (AvgIpc) is 2.70. The molecule has 0 amide bonds. The fraction of sp³-hybridized carbons (Fsp3) is 0.562. The summed E-state index contributed by atoms with van der Waals surface area (Å²) < 4.78 is 2.35. The van der Waals surface area contributed by atoms with Crippen molar-refractivity contribution in [1.82, 2.24) is 9.55 Å². The Kier molecular flexibility index (Phi) is 3.83. The molecule has 0 aliphatic heterocycles. The van der Waals surface area contributed by atoms with Crippen LogP contribution in [0.3, 0.4) is 0 Å². The van der Waals surface area contributed by atoms with Crippen LogP contribution < -0.4 is 5.73 Å². The highest BCUT2D eigenvalue weighted by Crippen LogP contribution is 2.29. The standard InChI is InChI=1S/C16H25N3/c1-5-6-7-11-19-13-10-8-9-12(17)14(13)18-15(19)16(2,3)4/h8-10H,5-7,11,17H2,1-4H3. The lowest BCUT2D eigenvalue weighted by molar-refractivity contribution is 0.490. The lowest BCUT2D eigenvalue weighted by Gasteiger charge is -2.20. The van der Waals surface area contributed by atoms with Crippen molar-refractivity contribution in [2.45, 2.75) is 58.9 Å². The molecule has 2 N–H and O–H groups in total. The molecule has 3 nitrogen and oxygen atoms in total.